The van der Waals surface area contributed by atoms with E-state index >= 15 is 0 Å². The molecule has 0 saturated heterocycles. The molecule has 5 heteroatoms. The van der Waals surface area contributed by atoms with Gasteiger partial charge in [0, 0.05) is 20.6 Å². The van der Waals surface area contributed by atoms with Crippen LogP contribution >= 0.6 is 0 Å². The predicted molar refractivity (Wildman–Crippen MR) is 58.2 cm³/mol. The van der Waals surface area contributed by atoms with E-state index in [1.807, 2.05) is 13.0 Å². The van der Waals surface area contributed by atoms with Gasteiger partial charge in [0.2, 0.25) is 0 Å². The summed E-state index contributed by atoms with van der Waals surface area (Å²) in [5, 5.41) is 5.76. The Kier molecular flexibility index (Phi) is 6.47. The maximum absolute atomic E-state index is 5.76. The van der Waals surface area contributed by atoms with Crippen molar-refractivity contribution < 1.29 is 13.3 Å². The predicted octanol–water partition coefficient (Wildman–Crippen LogP) is 1.56. The molecule has 0 aliphatic carbocycles. The van der Waals surface area contributed by atoms with Crippen LogP contribution in [-0.4, -0.2) is 23.2 Å². The van der Waals surface area contributed by atoms with Crippen LogP contribution in [0.25, 0.3) is 0 Å². The summed E-state index contributed by atoms with van der Waals surface area (Å²) >= 11 is 0. The van der Waals surface area contributed by atoms with E-state index < -0.39 is 8.97 Å². The van der Waals surface area contributed by atoms with Crippen LogP contribution in [0.5, 0.6) is 0 Å². The van der Waals surface area contributed by atoms with Gasteiger partial charge in [0.05, 0.1) is 5.76 Å². The molecule has 0 aromatic heterocycles. The Labute approximate surface area is 86.8 Å². The smallest absolute Gasteiger partial charge is 0.493 e. The molecule has 0 aliphatic heterocycles. The van der Waals surface area contributed by atoms with E-state index in [1.165, 1.54) is 14.2 Å². The highest BCUT2D eigenvalue weighted by molar-refractivity contribution is 6.57. The van der Waals surface area contributed by atoms with Crippen molar-refractivity contribution in [2.75, 3.05) is 14.2 Å². The molecule has 0 heterocycles. The van der Waals surface area contributed by atoms with E-state index in [4.69, 9.17) is 18.7 Å². The number of allylic oxidation sites excluding steroid dienone is 2. The zero-order valence-corrected chi connectivity index (χ0v) is 10.1. The molecule has 0 aliphatic rings. The minimum Gasteiger partial charge on any atom is -0.493 e. The average Bonchev–Trinajstić information content (AvgIpc) is 2.18. The Hall–Kier alpha value is -0.623. The molecular weight excluding hydrogens is 198 g/mol. The molecule has 82 valence electrons. The summed E-state index contributed by atoms with van der Waals surface area (Å²) in [6.45, 7) is 5.66. The van der Waals surface area contributed by atoms with Crippen molar-refractivity contribution in [3.63, 3.8) is 0 Å². The van der Waals surface area contributed by atoms with Crippen molar-refractivity contribution in [1.82, 2.24) is 0 Å². The largest absolute Gasteiger partial charge is 0.661 e. The van der Waals surface area contributed by atoms with E-state index in [0.717, 1.165) is 12.2 Å². The van der Waals surface area contributed by atoms with Gasteiger partial charge in [0.25, 0.3) is 0 Å². The molecule has 0 spiro atoms. The molecule has 14 heavy (non-hydrogen) atoms. The zero-order valence-electron chi connectivity index (χ0n) is 9.08. The van der Waals surface area contributed by atoms with Crippen LogP contribution in [0.15, 0.2) is 24.5 Å². The summed E-state index contributed by atoms with van der Waals surface area (Å²) in [6, 6.07) is 0. The zero-order chi connectivity index (χ0) is 11.0. The summed E-state index contributed by atoms with van der Waals surface area (Å²) in [6.07, 6.45) is 5.20. The van der Waals surface area contributed by atoms with Crippen LogP contribution < -0.4 is 5.40 Å². The van der Waals surface area contributed by atoms with E-state index in [1.54, 1.807) is 6.08 Å². The molecule has 0 fully saturated rings. The topological polar surface area (TPSA) is 53.7 Å². The van der Waals surface area contributed by atoms with Crippen LogP contribution in [-0.2, 0) is 13.3 Å². The third kappa shape index (κ3) is 4.57. The minimum atomic E-state index is -2.95. The number of hydrogen-bond acceptors (Lipinski definition) is 4. The minimum absolute atomic E-state index is 0.631. The Morgan fingerprint density at radius 1 is 1.43 bits per heavy atom. The summed E-state index contributed by atoms with van der Waals surface area (Å²) in [7, 11) is 0.00777. The molecule has 0 amide bonds. The van der Waals surface area contributed by atoms with Crippen molar-refractivity contribution in [3.05, 3.63) is 24.5 Å². The van der Waals surface area contributed by atoms with Crippen LogP contribution in [0.4, 0.5) is 0 Å². The van der Waals surface area contributed by atoms with Gasteiger partial charge < -0.3 is 13.3 Å². The SMILES string of the molecule is C=CCC(=CCC)O[Si](N)(OC)OC. The van der Waals surface area contributed by atoms with Crippen LogP contribution in [0.3, 0.4) is 0 Å². The highest BCUT2D eigenvalue weighted by Crippen LogP contribution is 2.12. The third-order valence-electron chi connectivity index (χ3n) is 1.62. The summed E-state index contributed by atoms with van der Waals surface area (Å²) < 4.78 is 15.5. The van der Waals surface area contributed by atoms with Gasteiger partial charge in [0.15, 0.2) is 0 Å². The van der Waals surface area contributed by atoms with Crippen molar-refractivity contribution in [2.24, 2.45) is 5.40 Å². The summed E-state index contributed by atoms with van der Waals surface area (Å²) in [4.78, 5) is 0. The first kappa shape index (κ1) is 13.4. The van der Waals surface area contributed by atoms with Crippen molar-refractivity contribution in [1.29, 1.82) is 0 Å². The van der Waals surface area contributed by atoms with Gasteiger partial charge in [-0.3, -0.25) is 5.40 Å². The fraction of sp³-hybridized carbons (Fsp3) is 0.556. The maximum atomic E-state index is 5.76. The van der Waals surface area contributed by atoms with Gasteiger partial charge >= 0.3 is 8.97 Å². The summed E-state index contributed by atoms with van der Waals surface area (Å²) in [5.74, 6) is 0.750. The molecule has 0 unspecified atom stereocenters. The Morgan fingerprint density at radius 3 is 2.36 bits per heavy atom. The van der Waals surface area contributed by atoms with E-state index in [2.05, 4.69) is 6.58 Å². The summed E-state index contributed by atoms with van der Waals surface area (Å²) in [5.41, 5.74) is 0. The molecule has 0 atom stereocenters. The van der Waals surface area contributed by atoms with E-state index in [0.29, 0.717) is 6.42 Å². The molecule has 2 N–H and O–H groups in total. The van der Waals surface area contributed by atoms with Gasteiger partial charge in [-0.2, -0.15) is 0 Å². The molecule has 0 radical (unpaired) electrons. The van der Waals surface area contributed by atoms with Crippen molar-refractivity contribution in [2.45, 2.75) is 19.8 Å². The Balaban J connectivity index is 4.40. The lowest BCUT2D eigenvalue weighted by atomic mass is 10.3. The molecule has 0 aromatic rings. The van der Waals surface area contributed by atoms with Gasteiger partial charge in [-0.15, -0.1) is 6.58 Å². The van der Waals surface area contributed by atoms with Crippen molar-refractivity contribution >= 4 is 8.97 Å². The van der Waals surface area contributed by atoms with Gasteiger partial charge in [-0.1, -0.05) is 13.0 Å². The van der Waals surface area contributed by atoms with Gasteiger partial charge in [-0.05, 0) is 12.5 Å². The van der Waals surface area contributed by atoms with E-state index in [-0.39, 0.29) is 0 Å². The highest BCUT2D eigenvalue weighted by atomic mass is 28.4. The average molecular weight is 217 g/mol. The molecular formula is C9H19NO3Si. The first-order valence-electron chi connectivity index (χ1n) is 4.50. The number of rotatable bonds is 7. The maximum Gasteiger partial charge on any atom is 0.661 e. The van der Waals surface area contributed by atoms with Crippen LogP contribution in [0.2, 0.25) is 0 Å². The quantitative estimate of drug-likeness (QED) is 0.399. The molecule has 0 saturated carbocycles. The highest BCUT2D eigenvalue weighted by Gasteiger charge is 2.37. The lowest BCUT2D eigenvalue weighted by molar-refractivity contribution is 0.129. The molecule has 4 nitrogen and oxygen atoms in total. The standard InChI is InChI=1S/C9H19NO3Si/c1-5-7-9(8-6-2)13-14(10,11-3)12-4/h5,8H,1,6-7,10H2,2-4H3. The monoisotopic (exact) mass is 217 g/mol. The first-order valence-corrected chi connectivity index (χ1v) is 6.30. The fourth-order valence-electron chi connectivity index (χ4n) is 0.886. The van der Waals surface area contributed by atoms with Crippen molar-refractivity contribution in [3.8, 4) is 0 Å². The number of nitrogens with two attached hydrogens (primary N) is 1. The fourth-order valence-corrected chi connectivity index (χ4v) is 1.75. The normalized spacial score (nSPS) is 12.7. The lowest BCUT2D eigenvalue weighted by Gasteiger charge is -2.22. The van der Waals surface area contributed by atoms with Gasteiger partial charge in [-0.25, -0.2) is 0 Å². The van der Waals surface area contributed by atoms with Gasteiger partial charge in [0.1, 0.15) is 0 Å². The molecule has 0 bridgehead atoms. The second-order valence-corrected chi connectivity index (χ2v) is 4.91. The Morgan fingerprint density at radius 2 is 2.00 bits per heavy atom. The van der Waals surface area contributed by atoms with Crippen LogP contribution in [0.1, 0.15) is 19.8 Å². The lowest BCUT2D eigenvalue weighted by Crippen LogP contribution is -2.53. The second kappa shape index (κ2) is 6.78. The van der Waals surface area contributed by atoms with Crippen LogP contribution in [0, 0.1) is 0 Å². The number of hydrogen-bond donors (Lipinski definition) is 1. The Bertz CT molecular complexity index is 202. The molecule has 0 aromatic carbocycles. The third-order valence-corrected chi connectivity index (χ3v) is 3.30. The van der Waals surface area contributed by atoms with E-state index in [9.17, 15) is 0 Å². The first-order chi connectivity index (χ1) is 6.61. The molecule has 0 rings (SSSR count). The second-order valence-electron chi connectivity index (χ2n) is 2.69.